The Morgan fingerprint density at radius 1 is 0.960 bits per heavy atom. The average Bonchev–Trinajstić information content (AvgIpc) is 2.59. The number of hydrogen-bond acceptors (Lipinski definition) is 4. The van der Waals surface area contributed by atoms with Crippen molar-refractivity contribution in [3.05, 3.63) is 28.2 Å². The van der Waals surface area contributed by atoms with Gasteiger partial charge in [-0.15, -0.1) is 0 Å². The van der Waals surface area contributed by atoms with Gasteiger partial charge < -0.3 is 9.47 Å². The largest absolute Gasteiger partial charge is 0.465 e. The first-order chi connectivity index (χ1) is 11.9. The van der Waals surface area contributed by atoms with Crippen molar-refractivity contribution in [3.63, 3.8) is 0 Å². The van der Waals surface area contributed by atoms with Crippen molar-refractivity contribution in [1.82, 2.24) is 0 Å². The van der Waals surface area contributed by atoms with Gasteiger partial charge in [0, 0.05) is 0 Å². The molecule has 0 fully saturated rings. The molecule has 0 bridgehead atoms. The van der Waals surface area contributed by atoms with Crippen molar-refractivity contribution in [2.75, 3.05) is 6.61 Å². The number of carbonyl (C=O) groups excluding carboxylic acids is 2. The summed E-state index contributed by atoms with van der Waals surface area (Å²) in [7, 11) is 0. The van der Waals surface area contributed by atoms with E-state index in [4.69, 9.17) is 32.7 Å². The van der Waals surface area contributed by atoms with Gasteiger partial charge in [-0.05, 0) is 31.4 Å². The SMILES string of the molecule is CCCCCCOC(=O)C(CC)(CC)C(=O)Oc1c(Cl)cccc1Cl. The molecule has 4 nitrogen and oxygen atoms in total. The molecule has 0 aromatic heterocycles. The van der Waals surface area contributed by atoms with Crippen LogP contribution in [-0.2, 0) is 14.3 Å². The van der Waals surface area contributed by atoms with Crippen LogP contribution in [0.5, 0.6) is 5.75 Å². The molecule has 1 rings (SSSR count). The van der Waals surface area contributed by atoms with Gasteiger partial charge in [-0.25, -0.2) is 0 Å². The van der Waals surface area contributed by atoms with Crippen molar-refractivity contribution in [3.8, 4) is 5.75 Å². The third-order valence-corrected chi connectivity index (χ3v) is 4.93. The number of para-hydroxylation sites is 1. The number of benzene rings is 1. The third-order valence-electron chi connectivity index (χ3n) is 4.33. The maximum absolute atomic E-state index is 12.7. The van der Waals surface area contributed by atoms with Gasteiger partial charge in [-0.3, -0.25) is 9.59 Å². The fraction of sp³-hybridized carbons (Fsp3) is 0.579. The first-order valence-electron chi connectivity index (χ1n) is 8.76. The number of halogens is 2. The highest BCUT2D eigenvalue weighted by molar-refractivity contribution is 6.37. The van der Waals surface area contributed by atoms with Crippen molar-refractivity contribution >= 4 is 35.1 Å². The van der Waals surface area contributed by atoms with E-state index in [1.165, 1.54) is 0 Å². The summed E-state index contributed by atoms with van der Waals surface area (Å²) in [5.74, 6) is -1.17. The van der Waals surface area contributed by atoms with Gasteiger partial charge in [0.2, 0.25) is 0 Å². The minimum atomic E-state index is -1.35. The second-order valence-corrected chi connectivity index (χ2v) is 6.74. The van der Waals surface area contributed by atoms with E-state index in [0.29, 0.717) is 6.61 Å². The van der Waals surface area contributed by atoms with Gasteiger partial charge >= 0.3 is 11.9 Å². The second kappa shape index (κ2) is 10.7. The van der Waals surface area contributed by atoms with Gasteiger partial charge in [0.05, 0.1) is 16.7 Å². The van der Waals surface area contributed by atoms with E-state index in [9.17, 15) is 9.59 Å². The summed E-state index contributed by atoms with van der Waals surface area (Å²) < 4.78 is 10.7. The number of rotatable bonds is 10. The fourth-order valence-corrected chi connectivity index (χ4v) is 2.99. The lowest BCUT2D eigenvalue weighted by Crippen LogP contribution is -2.42. The summed E-state index contributed by atoms with van der Waals surface area (Å²) in [4.78, 5) is 25.3. The van der Waals surface area contributed by atoms with Crippen LogP contribution >= 0.6 is 23.2 Å². The lowest BCUT2D eigenvalue weighted by atomic mass is 9.82. The molecule has 0 unspecified atom stereocenters. The van der Waals surface area contributed by atoms with E-state index in [1.807, 2.05) is 0 Å². The zero-order valence-electron chi connectivity index (χ0n) is 15.1. The molecular weight excluding hydrogens is 363 g/mol. The summed E-state index contributed by atoms with van der Waals surface area (Å²) in [5, 5.41) is 0.435. The Hall–Kier alpha value is -1.26. The maximum Gasteiger partial charge on any atom is 0.328 e. The number of esters is 2. The molecule has 0 aliphatic heterocycles. The molecular formula is C19H26Cl2O4. The molecule has 0 saturated carbocycles. The monoisotopic (exact) mass is 388 g/mol. The zero-order chi connectivity index (χ0) is 18.9. The Labute approximate surface area is 159 Å². The minimum Gasteiger partial charge on any atom is -0.465 e. The van der Waals surface area contributed by atoms with Crippen LogP contribution in [0, 0.1) is 5.41 Å². The maximum atomic E-state index is 12.7. The van der Waals surface area contributed by atoms with Gasteiger partial charge in [0.25, 0.3) is 0 Å². The first-order valence-corrected chi connectivity index (χ1v) is 9.52. The van der Waals surface area contributed by atoms with Gasteiger partial charge in [0.15, 0.2) is 11.2 Å². The van der Waals surface area contributed by atoms with E-state index in [0.717, 1.165) is 25.7 Å². The highest BCUT2D eigenvalue weighted by Gasteiger charge is 2.46. The van der Waals surface area contributed by atoms with E-state index < -0.39 is 17.4 Å². The van der Waals surface area contributed by atoms with Crippen LogP contribution in [-0.4, -0.2) is 18.5 Å². The van der Waals surface area contributed by atoms with Crippen molar-refractivity contribution in [1.29, 1.82) is 0 Å². The number of carbonyl (C=O) groups is 2. The number of hydrogen-bond donors (Lipinski definition) is 0. The van der Waals surface area contributed by atoms with Crippen LogP contribution < -0.4 is 4.74 Å². The Bertz CT molecular complexity index is 563. The minimum absolute atomic E-state index is 0.0675. The molecule has 1 aromatic rings. The van der Waals surface area contributed by atoms with E-state index >= 15 is 0 Å². The van der Waals surface area contributed by atoms with Crippen molar-refractivity contribution in [2.24, 2.45) is 5.41 Å². The summed E-state index contributed by atoms with van der Waals surface area (Å²) >= 11 is 12.1. The molecule has 1 aromatic carbocycles. The molecule has 0 amide bonds. The Morgan fingerprint density at radius 3 is 2.08 bits per heavy atom. The summed E-state index contributed by atoms with van der Waals surface area (Å²) in [5.41, 5.74) is -1.35. The van der Waals surface area contributed by atoms with Gasteiger partial charge in [0.1, 0.15) is 0 Å². The quantitative estimate of drug-likeness (QED) is 0.219. The summed E-state index contributed by atoms with van der Waals surface area (Å²) in [6, 6.07) is 4.79. The molecule has 0 spiro atoms. The molecule has 6 heteroatoms. The molecule has 0 saturated heterocycles. The molecule has 140 valence electrons. The predicted octanol–water partition coefficient (Wildman–Crippen LogP) is 5.83. The number of unbranched alkanes of at least 4 members (excludes halogenated alkanes) is 3. The highest BCUT2D eigenvalue weighted by Crippen LogP contribution is 2.36. The van der Waals surface area contributed by atoms with Gasteiger partial charge in [-0.2, -0.15) is 0 Å². The molecule has 0 radical (unpaired) electrons. The smallest absolute Gasteiger partial charge is 0.328 e. The molecule has 0 aliphatic rings. The zero-order valence-corrected chi connectivity index (χ0v) is 16.6. The lowest BCUT2D eigenvalue weighted by molar-refractivity contribution is -0.168. The molecule has 0 N–H and O–H groups in total. The van der Waals surface area contributed by atoms with E-state index in [-0.39, 0.29) is 28.6 Å². The van der Waals surface area contributed by atoms with Crippen LogP contribution in [0.4, 0.5) is 0 Å². The van der Waals surface area contributed by atoms with Crippen LogP contribution in [0.25, 0.3) is 0 Å². The fourth-order valence-electron chi connectivity index (χ4n) is 2.51. The number of ether oxygens (including phenoxy) is 2. The van der Waals surface area contributed by atoms with Crippen LogP contribution in [0.3, 0.4) is 0 Å². The van der Waals surface area contributed by atoms with E-state index in [1.54, 1.807) is 32.0 Å². The highest BCUT2D eigenvalue weighted by atomic mass is 35.5. The van der Waals surface area contributed by atoms with Crippen molar-refractivity contribution in [2.45, 2.75) is 59.3 Å². The predicted molar refractivity (Wildman–Crippen MR) is 100 cm³/mol. The Kier molecular flexibility index (Phi) is 9.30. The standard InChI is InChI=1S/C19H26Cl2O4/c1-4-7-8-9-13-24-17(22)19(5-2,6-3)18(23)25-16-14(20)11-10-12-15(16)21/h10-12H,4-9,13H2,1-3H3. The molecule has 0 aliphatic carbocycles. The van der Waals surface area contributed by atoms with Crippen LogP contribution in [0.15, 0.2) is 18.2 Å². The topological polar surface area (TPSA) is 52.6 Å². The van der Waals surface area contributed by atoms with E-state index in [2.05, 4.69) is 6.92 Å². The third kappa shape index (κ3) is 5.61. The second-order valence-electron chi connectivity index (χ2n) is 5.93. The summed E-state index contributed by atoms with van der Waals surface area (Å²) in [6.45, 7) is 5.94. The normalized spacial score (nSPS) is 11.2. The van der Waals surface area contributed by atoms with Crippen LogP contribution in [0.1, 0.15) is 59.3 Å². The Morgan fingerprint density at radius 2 is 1.56 bits per heavy atom. The van der Waals surface area contributed by atoms with Gasteiger partial charge in [-0.1, -0.05) is 69.3 Å². The average molecular weight is 389 g/mol. The van der Waals surface area contributed by atoms with Crippen LogP contribution in [0.2, 0.25) is 10.0 Å². The first kappa shape index (κ1) is 21.8. The lowest BCUT2D eigenvalue weighted by Gasteiger charge is -2.27. The molecule has 0 atom stereocenters. The Balaban J connectivity index is 2.85. The molecule has 25 heavy (non-hydrogen) atoms. The molecule has 0 heterocycles. The summed E-state index contributed by atoms with van der Waals surface area (Å²) in [6.07, 6.45) is 4.53. The van der Waals surface area contributed by atoms with Crippen molar-refractivity contribution < 1.29 is 19.1 Å².